The average molecular weight is 199 g/mol. The van der Waals surface area contributed by atoms with E-state index in [9.17, 15) is 9.00 Å². The Balaban J connectivity index is 2.81. The molecule has 0 aliphatic carbocycles. The van der Waals surface area contributed by atoms with Crippen molar-refractivity contribution < 1.29 is 13.6 Å². The topological polar surface area (TPSA) is 80.4 Å². The van der Waals surface area contributed by atoms with Crippen molar-refractivity contribution >= 4 is 17.0 Å². The Labute approximate surface area is 78.0 Å². The Morgan fingerprint density at radius 2 is 1.92 bits per heavy atom. The summed E-state index contributed by atoms with van der Waals surface area (Å²) in [6.45, 7) is 0. The van der Waals surface area contributed by atoms with Gasteiger partial charge in [-0.3, -0.25) is 4.79 Å². The molecule has 1 amide bonds. The maximum Gasteiger partial charge on any atom is 0.248 e. The highest BCUT2D eigenvalue weighted by atomic mass is 32.2. The second-order valence-electron chi connectivity index (χ2n) is 2.53. The smallest absolute Gasteiger partial charge is 0.248 e. The molecule has 0 spiro atoms. The summed E-state index contributed by atoms with van der Waals surface area (Å²) < 4.78 is 19.0. The van der Waals surface area contributed by atoms with Crippen LogP contribution in [0.15, 0.2) is 24.3 Å². The molecule has 5 heteroatoms. The molecule has 0 aliphatic rings. The predicted molar refractivity (Wildman–Crippen MR) is 49.4 cm³/mol. The largest absolute Gasteiger partial charge is 0.366 e. The molecule has 0 heterocycles. The molecule has 1 aromatic rings. The lowest BCUT2D eigenvalue weighted by Crippen LogP contribution is -2.10. The Kier molecular flexibility index (Phi) is 3.16. The number of primary amides is 1. The minimum Gasteiger partial charge on any atom is -0.366 e. The van der Waals surface area contributed by atoms with Crippen LogP contribution < -0.4 is 5.73 Å². The summed E-state index contributed by atoms with van der Waals surface area (Å²) in [6, 6.07) is 6.28. The summed E-state index contributed by atoms with van der Waals surface area (Å²) in [7, 11) is 0. The number of amides is 1. The van der Waals surface area contributed by atoms with Crippen molar-refractivity contribution in [3.05, 3.63) is 35.4 Å². The maximum absolute atomic E-state index is 10.6. The highest BCUT2D eigenvalue weighted by Crippen LogP contribution is 2.05. The van der Waals surface area contributed by atoms with Gasteiger partial charge in [-0.1, -0.05) is 12.1 Å². The highest BCUT2D eigenvalue weighted by molar-refractivity contribution is 7.78. The van der Waals surface area contributed by atoms with Crippen molar-refractivity contribution in [2.45, 2.75) is 5.75 Å². The van der Waals surface area contributed by atoms with Gasteiger partial charge in [-0.2, -0.15) is 0 Å². The fraction of sp³-hybridized carbons (Fsp3) is 0.125. The number of benzene rings is 1. The molecule has 0 aromatic heterocycles. The van der Waals surface area contributed by atoms with E-state index in [2.05, 4.69) is 0 Å². The zero-order valence-electron chi connectivity index (χ0n) is 6.77. The molecule has 0 radical (unpaired) electrons. The Hall–Kier alpha value is -1.20. The monoisotopic (exact) mass is 199 g/mol. The Morgan fingerprint density at radius 3 is 2.31 bits per heavy atom. The molecule has 70 valence electrons. The maximum atomic E-state index is 10.6. The van der Waals surface area contributed by atoms with Crippen LogP contribution in [0.4, 0.5) is 0 Å². The second kappa shape index (κ2) is 4.15. The van der Waals surface area contributed by atoms with Crippen LogP contribution in [0.3, 0.4) is 0 Å². The number of carbonyl (C=O) groups is 1. The highest BCUT2D eigenvalue weighted by Gasteiger charge is 2.01. The van der Waals surface area contributed by atoms with E-state index in [0.717, 1.165) is 0 Å². The standard InChI is InChI=1S/C8H9NO3S/c9-8(10)7-3-1-6(2-4-7)5-13(11)12/h1-4H,5H2,(H2,9,10)(H,11,12). The molecule has 1 unspecified atom stereocenters. The zero-order chi connectivity index (χ0) is 9.84. The van der Waals surface area contributed by atoms with E-state index in [1.807, 2.05) is 0 Å². The Morgan fingerprint density at radius 1 is 1.38 bits per heavy atom. The minimum atomic E-state index is -1.85. The first-order chi connectivity index (χ1) is 6.09. The van der Waals surface area contributed by atoms with Crippen molar-refractivity contribution in [3.8, 4) is 0 Å². The van der Waals surface area contributed by atoms with E-state index in [-0.39, 0.29) is 5.75 Å². The molecule has 3 N–H and O–H groups in total. The van der Waals surface area contributed by atoms with E-state index in [4.69, 9.17) is 10.3 Å². The molecule has 13 heavy (non-hydrogen) atoms. The zero-order valence-corrected chi connectivity index (χ0v) is 7.58. The molecule has 0 fully saturated rings. The van der Waals surface area contributed by atoms with Crippen LogP contribution in [0.25, 0.3) is 0 Å². The predicted octanol–water partition coefficient (Wildman–Crippen LogP) is 0.507. The molecule has 4 nitrogen and oxygen atoms in total. The van der Waals surface area contributed by atoms with Gasteiger partial charge in [0.1, 0.15) is 0 Å². The first-order valence-electron chi connectivity index (χ1n) is 3.56. The van der Waals surface area contributed by atoms with Gasteiger partial charge in [-0.25, -0.2) is 4.21 Å². The summed E-state index contributed by atoms with van der Waals surface area (Å²) in [5, 5.41) is 0. The minimum absolute atomic E-state index is 0.0685. The second-order valence-corrected chi connectivity index (χ2v) is 3.46. The van der Waals surface area contributed by atoms with Crippen LogP contribution in [-0.2, 0) is 16.8 Å². The molecule has 1 atom stereocenters. The molecule has 0 saturated heterocycles. The number of hydrogen-bond donors (Lipinski definition) is 2. The summed E-state index contributed by atoms with van der Waals surface area (Å²) in [5.41, 5.74) is 6.11. The van der Waals surface area contributed by atoms with Gasteiger partial charge in [0, 0.05) is 5.56 Å². The summed E-state index contributed by atoms with van der Waals surface area (Å²) in [6.07, 6.45) is 0. The van der Waals surface area contributed by atoms with Crippen molar-refractivity contribution in [1.82, 2.24) is 0 Å². The van der Waals surface area contributed by atoms with Crippen molar-refractivity contribution in [2.24, 2.45) is 5.73 Å². The first-order valence-corrected chi connectivity index (χ1v) is 4.83. The van der Waals surface area contributed by atoms with Gasteiger partial charge in [-0.15, -0.1) is 0 Å². The first kappa shape index (κ1) is 9.88. The Bertz CT molecular complexity index is 334. The van der Waals surface area contributed by atoms with Crippen LogP contribution in [0, 0.1) is 0 Å². The molecule has 0 saturated carbocycles. The van der Waals surface area contributed by atoms with Gasteiger partial charge < -0.3 is 10.3 Å². The van der Waals surface area contributed by atoms with Gasteiger partial charge in [-0.05, 0) is 17.7 Å². The lowest BCUT2D eigenvalue weighted by Gasteiger charge is -1.98. The number of hydrogen-bond acceptors (Lipinski definition) is 2. The van der Waals surface area contributed by atoms with Gasteiger partial charge in [0.15, 0.2) is 11.1 Å². The van der Waals surface area contributed by atoms with Crippen LogP contribution in [0.1, 0.15) is 15.9 Å². The fourth-order valence-corrected chi connectivity index (χ4v) is 1.39. The number of carbonyl (C=O) groups excluding carboxylic acids is 1. The lowest BCUT2D eigenvalue weighted by atomic mass is 10.1. The van der Waals surface area contributed by atoms with Gasteiger partial charge in [0.05, 0.1) is 5.75 Å². The average Bonchev–Trinajstić information content (AvgIpc) is 2.04. The third-order valence-corrected chi connectivity index (χ3v) is 2.11. The molecule has 1 rings (SSSR count). The fourth-order valence-electron chi connectivity index (χ4n) is 0.908. The molecule has 0 aliphatic heterocycles. The summed E-state index contributed by atoms with van der Waals surface area (Å²) in [5.74, 6) is -0.435. The molecule has 1 aromatic carbocycles. The van der Waals surface area contributed by atoms with Crippen LogP contribution >= 0.6 is 0 Å². The molecular formula is C8H9NO3S. The van der Waals surface area contributed by atoms with Gasteiger partial charge >= 0.3 is 0 Å². The normalized spacial score (nSPS) is 12.4. The van der Waals surface area contributed by atoms with E-state index in [0.29, 0.717) is 11.1 Å². The quantitative estimate of drug-likeness (QED) is 0.696. The number of nitrogens with two attached hydrogens (primary N) is 1. The third kappa shape index (κ3) is 2.96. The van der Waals surface area contributed by atoms with Crippen molar-refractivity contribution in [1.29, 1.82) is 0 Å². The van der Waals surface area contributed by atoms with E-state index < -0.39 is 17.0 Å². The van der Waals surface area contributed by atoms with Gasteiger partial charge in [0.2, 0.25) is 5.91 Å². The van der Waals surface area contributed by atoms with Crippen molar-refractivity contribution in [2.75, 3.05) is 0 Å². The third-order valence-electron chi connectivity index (χ3n) is 1.53. The van der Waals surface area contributed by atoms with Gasteiger partial charge in [0.25, 0.3) is 0 Å². The number of rotatable bonds is 3. The lowest BCUT2D eigenvalue weighted by molar-refractivity contribution is 0.100. The van der Waals surface area contributed by atoms with E-state index >= 15 is 0 Å². The van der Waals surface area contributed by atoms with E-state index in [1.165, 1.54) is 12.1 Å². The van der Waals surface area contributed by atoms with Crippen LogP contribution in [0.5, 0.6) is 0 Å². The SMILES string of the molecule is NC(=O)c1ccc(CS(=O)O)cc1. The van der Waals surface area contributed by atoms with Crippen LogP contribution in [0.2, 0.25) is 0 Å². The van der Waals surface area contributed by atoms with E-state index in [1.54, 1.807) is 12.1 Å². The summed E-state index contributed by atoms with van der Waals surface area (Å²) in [4.78, 5) is 10.6. The van der Waals surface area contributed by atoms with Crippen LogP contribution in [-0.4, -0.2) is 14.7 Å². The molecule has 0 bridgehead atoms. The molecular weight excluding hydrogens is 190 g/mol. The van der Waals surface area contributed by atoms with Crippen molar-refractivity contribution in [3.63, 3.8) is 0 Å². The summed E-state index contributed by atoms with van der Waals surface area (Å²) >= 11 is -1.85.